The number of anilines is 1. The molecule has 0 radical (unpaired) electrons. The molecule has 6 heteroatoms. The van der Waals surface area contributed by atoms with Crippen LogP contribution in [0.3, 0.4) is 0 Å². The summed E-state index contributed by atoms with van der Waals surface area (Å²) in [5.74, 6) is 1.34. The zero-order chi connectivity index (χ0) is 13.9. The molecule has 20 heavy (non-hydrogen) atoms. The van der Waals surface area contributed by atoms with Gasteiger partial charge < -0.3 is 20.3 Å². The topological polar surface area (TPSA) is 88.4 Å². The maximum absolute atomic E-state index is 9.25. The van der Waals surface area contributed by atoms with E-state index in [9.17, 15) is 5.11 Å². The number of phenols is 1. The van der Waals surface area contributed by atoms with Crippen LogP contribution in [0.4, 0.5) is 5.95 Å². The van der Waals surface area contributed by atoms with Gasteiger partial charge in [-0.2, -0.15) is 4.98 Å². The summed E-state index contributed by atoms with van der Waals surface area (Å²) in [5.41, 5.74) is 7.12. The lowest BCUT2D eigenvalue weighted by atomic mass is 10.1. The highest BCUT2D eigenvalue weighted by Crippen LogP contribution is 2.21. The van der Waals surface area contributed by atoms with Crippen molar-refractivity contribution in [2.24, 2.45) is 5.73 Å². The van der Waals surface area contributed by atoms with Crippen molar-refractivity contribution in [3.63, 3.8) is 0 Å². The molecule has 1 aromatic carbocycles. The summed E-state index contributed by atoms with van der Waals surface area (Å²) in [6.07, 6.45) is 2.94. The van der Waals surface area contributed by atoms with E-state index >= 15 is 0 Å². The summed E-state index contributed by atoms with van der Waals surface area (Å²) in [5, 5.41) is 13.2. The first-order valence-corrected chi connectivity index (χ1v) is 6.84. The predicted molar refractivity (Wildman–Crippen MR) is 74.5 cm³/mol. The van der Waals surface area contributed by atoms with Crippen LogP contribution in [0, 0.1) is 0 Å². The molecular weight excluding hydrogens is 256 g/mol. The Morgan fingerprint density at radius 1 is 1.25 bits per heavy atom. The fourth-order valence-corrected chi connectivity index (χ4v) is 2.40. The van der Waals surface area contributed by atoms with Gasteiger partial charge in [-0.3, -0.25) is 0 Å². The number of nitrogens with zero attached hydrogens (tertiary/aromatic N) is 3. The predicted octanol–water partition coefficient (Wildman–Crippen LogP) is 1.62. The number of rotatable bonds is 4. The number of nitrogens with two attached hydrogens (primary N) is 1. The Bertz CT molecular complexity index is 561. The summed E-state index contributed by atoms with van der Waals surface area (Å²) >= 11 is 0. The fourth-order valence-electron chi connectivity index (χ4n) is 2.40. The molecule has 1 aliphatic rings. The van der Waals surface area contributed by atoms with E-state index in [4.69, 9.17) is 10.3 Å². The lowest BCUT2D eigenvalue weighted by molar-refractivity contribution is 0.353. The van der Waals surface area contributed by atoms with Crippen LogP contribution in [-0.2, 0) is 6.42 Å². The van der Waals surface area contributed by atoms with Gasteiger partial charge in [0, 0.05) is 13.1 Å². The number of aromatic nitrogens is 2. The van der Waals surface area contributed by atoms with E-state index in [2.05, 4.69) is 15.0 Å². The third-order valence-electron chi connectivity index (χ3n) is 3.53. The van der Waals surface area contributed by atoms with Crippen molar-refractivity contribution in [2.45, 2.75) is 25.3 Å². The molecule has 3 N–H and O–H groups in total. The molecule has 2 heterocycles. The maximum Gasteiger partial charge on any atom is 0.266 e. The molecular formula is C14H18N4O2. The monoisotopic (exact) mass is 274 g/mol. The van der Waals surface area contributed by atoms with E-state index in [1.165, 1.54) is 12.8 Å². The summed E-state index contributed by atoms with van der Waals surface area (Å²) in [7, 11) is 0. The molecule has 106 valence electrons. The Kier molecular flexibility index (Phi) is 3.56. The minimum absolute atomic E-state index is 0.247. The number of phenolic OH excluding ortho intramolecular Hbond substituents is 1. The Morgan fingerprint density at radius 3 is 2.65 bits per heavy atom. The van der Waals surface area contributed by atoms with Gasteiger partial charge in [0.2, 0.25) is 5.89 Å². The lowest BCUT2D eigenvalue weighted by Gasteiger charge is -2.10. The molecule has 0 unspecified atom stereocenters. The minimum atomic E-state index is -0.330. The van der Waals surface area contributed by atoms with E-state index in [0.29, 0.717) is 18.3 Å². The molecule has 1 fully saturated rings. The summed E-state index contributed by atoms with van der Waals surface area (Å²) in [6.45, 7) is 1.96. The van der Waals surface area contributed by atoms with Crippen LogP contribution in [-0.4, -0.2) is 28.3 Å². The molecule has 2 aromatic rings. The number of aromatic hydroxyl groups is 1. The first-order chi connectivity index (χ1) is 9.72. The Hall–Kier alpha value is -2.08. The van der Waals surface area contributed by atoms with Crippen LogP contribution < -0.4 is 10.6 Å². The number of benzene rings is 1. The Balaban J connectivity index is 1.67. The normalized spacial score (nSPS) is 16.6. The minimum Gasteiger partial charge on any atom is -0.508 e. The van der Waals surface area contributed by atoms with Gasteiger partial charge in [-0.25, -0.2) is 0 Å². The third kappa shape index (κ3) is 2.75. The summed E-state index contributed by atoms with van der Waals surface area (Å²) in [4.78, 5) is 6.49. The highest BCUT2D eigenvalue weighted by atomic mass is 16.5. The smallest absolute Gasteiger partial charge is 0.266 e. The van der Waals surface area contributed by atoms with Gasteiger partial charge in [0.05, 0.1) is 6.04 Å². The molecule has 3 rings (SSSR count). The van der Waals surface area contributed by atoms with Gasteiger partial charge in [-0.15, -0.1) is 0 Å². The molecule has 1 saturated heterocycles. The van der Waals surface area contributed by atoms with Crippen LogP contribution in [0.2, 0.25) is 0 Å². The van der Waals surface area contributed by atoms with E-state index in [0.717, 1.165) is 18.7 Å². The Labute approximate surface area is 117 Å². The van der Waals surface area contributed by atoms with Gasteiger partial charge in [-0.05, 0) is 42.1 Å². The van der Waals surface area contributed by atoms with Crippen molar-refractivity contribution in [1.29, 1.82) is 0 Å². The van der Waals surface area contributed by atoms with Crippen LogP contribution in [0.15, 0.2) is 28.8 Å². The number of hydrogen-bond donors (Lipinski definition) is 2. The van der Waals surface area contributed by atoms with Crippen molar-refractivity contribution in [3.05, 3.63) is 35.7 Å². The SMILES string of the molecule is N[C@@H](Cc1ccc(O)cc1)c1nc(N2CCCC2)no1. The van der Waals surface area contributed by atoms with Crippen molar-refractivity contribution in [1.82, 2.24) is 10.1 Å². The zero-order valence-electron chi connectivity index (χ0n) is 11.2. The molecule has 0 saturated carbocycles. The average Bonchev–Trinajstić information content (AvgIpc) is 3.11. The van der Waals surface area contributed by atoms with Crippen LogP contribution in [0.1, 0.15) is 30.3 Å². The first-order valence-electron chi connectivity index (χ1n) is 6.84. The van der Waals surface area contributed by atoms with E-state index in [-0.39, 0.29) is 11.8 Å². The van der Waals surface area contributed by atoms with Crippen molar-refractivity contribution in [2.75, 3.05) is 18.0 Å². The molecule has 0 spiro atoms. The Morgan fingerprint density at radius 2 is 1.95 bits per heavy atom. The number of hydrogen-bond acceptors (Lipinski definition) is 6. The van der Waals surface area contributed by atoms with Gasteiger partial charge >= 0.3 is 0 Å². The van der Waals surface area contributed by atoms with Crippen LogP contribution in [0.5, 0.6) is 5.75 Å². The standard InChI is InChI=1S/C14H18N4O2/c15-12(9-10-3-5-11(19)6-4-10)13-16-14(17-20-13)18-7-1-2-8-18/h3-6,12,19H,1-2,7-9,15H2/t12-/m0/s1. The quantitative estimate of drug-likeness (QED) is 0.880. The van der Waals surface area contributed by atoms with E-state index in [1.54, 1.807) is 12.1 Å². The molecule has 1 aliphatic heterocycles. The van der Waals surface area contributed by atoms with Crippen molar-refractivity contribution < 1.29 is 9.63 Å². The van der Waals surface area contributed by atoms with Gasteiger partial charge in [0.15, 0.2) is 0 Å². The van der Waals surface area contributed by atoms with Gasteiger partial charge in [0.25, 0.3) is 5.95 Å². The van der Waals surface area contributed by atoms with Gasteiger partial charge in [0.1, 0.15) is 5.75 Å². The average molecular weight is 274 g/mol. The van der Waals surface area contributed by atoms with Crippen molar-refractivity contribution >= 4 is 5.95 Å². The summed E-state index contributed by atoms with van der Waals surface area (Å²) < 4.78 is 5.26. The van der Waals surface area contributed by atoms with E-state index in [1.807, 2.05) is 12.1 Å². The second-order valence-electron chi connectivity index (χ2n) is 5.10. The molecule has 6 nitrogen and oxygen atoms in total. The zero-order valence-corrected chi connectivity index (χ0v) is 11.2. The highest BCUT2D eigenvalue weighted by Gasteiger charge is 2.21. The largest absolute Gasteiger partial charge is 0.508 e. The first kappa shape index (κ1) is 12.9. The van der Waals surface area contributed by atoms with Crippen LogP contribution in [0.25, 0.3) is 0 Å². The molecule has 0 bridgehead atoms. The highest BCUT2D eigenvalue weighted by molar-refractivity contribution is 5.30. The molecule has 1 aromatic heterocycles. The van der Waals surface area contributed by atoms with Crippen molar-refractivity contribution in [3.8, 4) is 5.75 Å². The molecule has 0 aliphatic carbocycles. The fraction of sp³-hybridized carbons (Fsp3) is 0.429. The van der Waals surface area contributed by atoms with Gasteiger partial charge in [-0.1, -0.05) is 12.1 Å². The van der Waals surface area contributed by atoms with Crippen LogP contribution >= 0.6 is 0 Å². The van der Waals surface area contributed by atoms with E-state index < -0.39 is 0 Å². The molecule has 0 amide bonds. The second-order valence-corrected chi connectivity index (χ2v) is 5.10. The molecule has 1 atom stereocenters. The maximum atomic E-state index is 9.25. The summed E-state index contributed by atoms with van der Waals surface area (Å²) in [6, 6.07) is 6.64. The second kappa shape index (κ2) is 5.50. The third-order valence-corrected chi connectivity index (χ3v) is 3.53. The lowest BCUT2D eigenvalue weighted by Crippen LogP contribution is -2.19.